The Morgan fingerprint density at radius 2 is 1.88 bits per heavy atom. The third-order valence-corrected chi connectivity index (χ3v) is 3.34. The molecule has 1 rings (SSSR count). The van der Waals surface area contributed by atoms with E-state index >= 15 is 0 Å². The van der Waals surface area contributed by atoms with E-state index < -0.39 is 6.10 Å². The van der Waals surface area contributed by atoms with Gasteiger partial charge in [-0.25, -0.2) is 0 Å². The van der Waals surface area contributed by atoms with Crippen LogP contribution in [0.4, 0.5) is 0 Å². The quantitative estimate of drug-likeness (QED) is 0.478. The summed E-state index contributed by atoms with van der Waals surface area (Å²) in [6, 6.07) is 1.46. The standard InChI is InChI=1S/C10H17NO3P2/c11-2-8(13)9-5(3-15)1-7(12)10(14)6(9)4-16/h1,8,12-14H,2-4,11,15-16H2/t8-/m0/s1. The van der Waals surface area contributed by atoms with Crippen LogP contribution in [-0.2, 0) is 12.3 Å². The van der Waals surface area contributed by atoms with E-state index in [1.807, 2.05) is 0 Å². The SMILES string of the molecule is NC[C@H](O)c1c(CP)cc(O)c(O)c1CP. The zero-order valence-corrected chi connectivity index (χ0v) is 11.2. The van der Waals surface area contributed by atoms with Gasteiger partial charge in [0.05, 0.1) is 6.10 Å². The second kappa shape index (κ2) is 5.79. The minimum atomic E-state index is -0.822. The van der Waals surface area contributed by atoms with Crippen LogP contribution in [0.25, 0.3) is 0 Å². The number of aliphatic hydroxyl groups is 1. The molecule has 3 atom stereocenters. The first-order valence-corrected chi connectivity index (χ1v) is 6.54. The summed E-state index contributed by atoms with van der Waals surface area (Å²) in [5.74, 6) is -0.345. The molecule has 0 bridgehead atoms. The highest BCUT2D eigenvalue weighted by Crippen LogP contribution is 2.38. The van der Waals surface area contributed by atoms with Gasteiger partial charge in [-0.05, 0) is 29.5 Å². The fourth-order valence-electron chi connectivity index (χ4n) is 1.70. The highest BCUT2D eigenvalue weighted by atomic mass is 31.0. The van der Waals surface area contributed by atoms with Crippen LogP contribution >= 0.6 is 18.5 Å². The van der Waals surface area contributed by atoms with Gasteiger partial charge >= 0.3 is 0 Å². The fourth-order valence-corrected chi connectivity index (χ4v) is 2.45. The maximum atomic E-state index is 9.83. The van der Waals surface area contributed by atoms with Crippen molar-refractivity contribution in [2.45, 2.75) is 18.4 Å². The lowest BCUT2D eigenvalue weighted by atomic mass is 9.96. The van der Waals surface area contributed by atoms with Crippen LogP contribution in [0.3, 0.4) is 0 Å². The van der Waals surface area contributed by atoms with E-state index in [1.165, 1.54) is 6.07 Å². The average Bonchev–Trinajstić information content (AvgIpc) is 2.30. The van der Waals surface area contributed by atoms with Crippen LogP contribution in [-0.4, -0.2) is 21.9 Å². The van der Waals surface area contributed by atoms with Crippen LogP contribution in [0.1, 0.15) is 22.8 Å². The molecule has 0 saturated heterocycles. The Morgan fingerprint density at radius 1 is 1.25 bits per heavy atom. The van der Waals surface area contributed by atoms with Crippen molar-refractivity contribution in [2.24, 2.45) is 5.73 Å². The van der Waals surface area contributed by atoms with Gasteiger partial charge in [-0.15, -0.1) is 18.5 Å². The monoisotopic (exact) mass is 261 g/mol. The van der Waals surface area contributed by atoms with Crippen molar-refractivity contribution in [3.8, 4) is 11.5 Å². The minimum Gasteiger partial charge on any atom is -0.504 e. The molecule has 0 spiro atoms. The summed E-state index contributed by atoms with van der Waals surface area (Å²) in [6.07, 6.45) is 0.208. The molecule has 0 fully saturated rings. The summed E-state index contributed by atoms with van der Waals surface area (Å²) in [5, 5.41) is 29.1. The smallest absolute Gasteiger partial charge is 0.161 e. The van der Waals surface area contributed by atoms with Gasteiger partial charge < -0.3 is 21.1 Å². The first-order valence-electron chi connectivity index (χ1n) is 4.91. The van der Waals surface area contributed by atoms with Gasteiger partial charge in [0.1, 0.15) is 0 Å². The molecule has 16 heavy (non-hydrogen) atoms. The van der Waals surface area contributed by atoms with E-state index in [9.17, 15) is 15.3 Å². The number of phenols is 2. The van der Waals surface area contributed by atoms with E-state index in [0.717, 1.165) is 5.56 Å². The van der Waals surface area contributed by atoms with E-state index in [-0.39, 0.29) is 18.0 Å². The topological polar surface area (TPSA) is 86.7 Å². The lowest BCUT2D eigenvalue weighted by molar-refractivity contribution is 0.184. The maximum Gasteiger partial charge on any atom is 0.161 e. The Morgan fingerprint density at radius 3 is 2.31 bits per heavy atom. The van der Waals surface area contributed by atoms with Crippen molar-refractivity contribution < 1.29 is 15.3 Å². The molecule has 1 aromatic carbocycles. The fraction of sp³-hybridized carbons (Fsp3) is 0.400. The molecule has 0 aliphatic carbocycles. The molecule has 0 amide bonds. The molecular formula is C10H17NO3P2. The number of rotatable bonds is 4. The largest absolute Gasteiger partial charge is 0.504 e. The summed E-state index contributed by atoms with van der Waals surface area (Å²) < 4.78 is 0. The third-order valence-electron chi connectivity index (χ3n) is 2.49. The van der Waals surface area contributed by atoms with Gasteiger partial charge in [-0.1, -0.05) is 0 Å². The van der Waals surface area contributed by atoms with Crippen LogP contribution in [0.2, 0.25) is 0 Å². The van der Waals surface area contributed by atoms with Crippen molar-refractivity contribution in [1.29, 1.82) is 0 Å². The van der Waals surface area contributed by atoms with Gasteiger partial charge in [0.25, 0.3) is 0 Å². The lowest BCUT2D eigenvalue weighted by Gasteiger charge is -2.19. The Bertz CT molecular complexity index is 385. The number of aliphatic hydroxyl groups excluding tert-OH is 1. The van der Waals surface area contributed by atoms with Gasteiger partial charge in [0.15, 0.2) is 11.5 Å². The number of phenolic OH excluding ortho intramolecular Hbond substituents is 2. The summed E-state index contributed by atoms with van der Waals surface area (Å²) in [5.41, 5.74) is 7.35. The second-order valence-corrected chi connectivity index (χ2v) is 4.27. The summed E-state index contributed by atoms with van der Waals surface area (Å²) in [4.78, 5) is 0. The Hall–Kier alpha value is -0.400. The van der Waals surface area contributed by atoms with Crippen LogP contribution in [0.15, 0.2) is 6.07 Å². The van der Waals surface area contributed by atoms with Gasteiger partial charge in [0.2, 0.25) is 0 Å². The highest BCUT2D eigenvalue weighted by Gasteiger charge is 2.20. The van der Waals surface area contributed by atoms with Crippen molar-refractivity contribution in [3.63, 3.8) is 0 Å². The Kier molecular flexibility index (Phi) is 4.94. The lowest BCUT2D eigenvalue weighted by Crippen LogP contribution is -2.15. The number of hydrogen-bond donors (Lipinski definition) is 4. The predicted octanol–water partition coefficient (Wildman–Crippen LogP) is 0.840. The molecule has 2 unspecified atom stereocenters. The molecule has 0 heterocycles. The molecule has 5 N–H and O–H groups in total. The van der Waals surface area contributed by atoms with Crippen molar-refractivity contribution in [3.05, 3.63) is 22.8 Å². The second-order valence-electron chi connectivity index (χ2n) is 3.46. The first-order chi connectivity index (χ1) is 7.56. The molecule has 1 aromatic rings. The summed E-state index contributed by atoms with van der Waals surface area (Å²) >= 11 is 0. The molecule has 0 saturated carbocycles. The van der Waals surface area contributed by atoms with Crippen molar-refractivity contribution in [1.82, 2.24) is 0 Å². The summed E-state index contributed by atoms with van der Waals surface area (Å²) in [7, 11) is 4.99. The van der Waals surface area contributed by atoms with Crippen LogP contribution in [0, 0.1) is 0 Å². The molecule has 0 aliphatic heterocycles. The third kappa shape index (κ3) is 2.46. The number of nitrogens with two attached hydrogens (primary N) is 1. The van der Waals surface area contributed by atoms with Crippen LogP contribution < -0.4 is 5.73 Å². The molecule has 0 radical (unpaired) electrons. The van der Waals surface area contributed by atoms with E-state index in [0.29, 0.717) is 23.5 Å². The molecule has 0 aliphatic rings. The Balaban J connectivity index is 3.46. The highest BCUT2D eigenvalue weighted by molar-refractivity contribution is 7.15. The van der Waals surface area contributed by atoms with Crippen molar-refractivity contribution >= 4 is 18.5 Å². The van der Waals surface area contributed by atoms with E-state index in [2.05, 4.69) is 18.5 Å². The maximum absolute atomic E-state index is 9.83. The summed E-state index contributed by atoms with van der Waals surface area (Å²) in [6.45, 7) is 0.0829. The van der Waals surface area contributed by atoms with E-state index in [1.54, 1.807) is 0 Å². The number of benzene rings is 1. The molecular weight excluding hydrogens is 244 g/mol. The molecule has 6 heteroatoms. The van der Waals surface area contributed by atoms with Crippen LogP contribution in [0.5, 0.6) is 11.5 Å². The van der Waals surface area contributed by atoms with Gasteiger partial charge in [0, 0.05) is 12.1 Å². The average molecular weight is 261 g/mol. The zero-order valence-electron chi connectivity index (χ0n) is 8.85. The first kappa shape index (κ1) is 13.7. The van der Waals surface area contributed by atoms with E-state index in [4.69, 9.17) is 5.73 Å². The van der Waals surface area contributed by atoms with Gasteiger partial charge in [-0.2, -0.15) is 0 Å². The minimum absolute atomic E-state index is 0.0829. The predicted molar refractivity (Wildman–Crippen MR) is 70.6 cm³/mol. The normalized spacial score (nSPS) is 12.8. The molecule has 90 valence electrons. The number of hydrogen-bond acceptors (Lipinski definition) is 4. The van der Waals surface area contributed by atoms with Crippen molar-refractivity contribution in [2.75, 3.05) is 6.54 Å². The Labute approximate surface area is 99.3 Å². The molecule has 4 nitrogen and oxygen atoms in total. The number of aromatic hydroxyl groups is 2. The molecule has 0 aromatic heterocycles. The van der Waals surface area contributed by atoms with Gasteiger partial charge in [-0.3, -0.25) is 0 Å². The zero-order chi connectivity index (χ0) is 12.3.